The molecule has 0 aliphatic carbocycles. The van der Waals surface area contributed by atoms with Gasteiger partial charge in [-0.2, -0.15) is 0 Å². The standard InChI is InChI=1S/C12H9ClO4/c1-2-16-12(15)11-6-9(14)8-4-3-7(13)5-10(8)17-11/h3-6H,2H2,1H3. The molecule has 0 radical (unpaired) electrons. The molecular formula is C12H9ClO4. The molecule has 1 heterocycles. The van der Waals surface area contributed by atoms with Crippen molar-refractivity contribution in [1.29, 1.82) is 0 Å². The molecule has 0 unspecified atom stereocenters. The first-order chi connectivity index (χ1) is 8.11. The molecule has 0 N–H and O–H groups in total. The zero-order valence-corrected chi connectivity index (χ0v) is 9.78. The number of hydrogen-bond donors (Lipinski definition) is 0. The summed E-state index contributed by atoms with van der Waals surface area (Å²) < 4.78 is 10.0. The molecule has 0 spiro atoms. The summed E-state index contributed by atoms with van der Waals surface area (Å²) in [5, 5.41) is 0.809. The summed E-state index contributed by atoms with van der Waals surface area (Å²) in [6.07, 6.45) is 0. The van der Waals surface area contributed by atoms with Crippen molar-refractivity contribution in [2.75, 3.05) is 6.61 Å². The quantitative estimate of drug-likeness (QED) is 0.771. The lowest BCUT2D eigenvalue weighted by molar-refractivity contribution is 0.0490. The van der Waals surface area contributed by atoms with E-state index in [1.807, 2.05) is 0 Å². The monoisotopic (exact) mass is 252 g/mol. The number of rotatable bonds is 2. The third kappa shape index (κ3) is 2.31. The molecule has 0 amide bonds. The molecule has 0 aliphatic rings. The molecular weight excluding hydrogens is 244 g/mol. The molecule has 1 aromatic carbocycles. The van der Waals surface area contributed by atoms with Crippen LogP contribution in [0.3, 0.4) is 0 Å². The zero-order chi connectivity index (χ0) is 12.4. The molecule has 88 valence electrons. The molecule has 0 aliphatic heterocycles. The first kappa shape index (κ1) is 11.7. The van der Waals surface area contributed by atoms with E-state index in [1.54, 1.807) is 19.1 Å². The number of fused-ring (bicyclic) bond motifs is 1. The maximum absolute atomic E-state index is 11.7. The first-order valence-electron chi connectivity index (χ1n) is 5.02. The highest BCUT2D eigenvalue weighted by molar-refractivity contribution is 6.31. The highest BCUT2D eigenvalue weighted by Crippen LogP contribution is 2.18. The van der Waals surface area contributed by atoms with Crippen molar-refractivity contribution in [3.05, 3.63) is 45.3 Å². The van der Waals surface area contributed by atoms with E-state index >= 15 is 0 Å². The van der Waals surface area contributed by atoms with Crippen LogP contribution in [0.2, 0.25) is 5.02 Å². The van der Waals surface area contributed by atoms with Crippen LogP contribution < -0.4 is 5.43 Å². The lowest BCUT2D eigenvalue weighted by Crippen LogP contribution is -2.09. The van der Waals surface area contributed by atoms with E-state index in [-0.39, 0.29) is 23.4 Å². The fourth-order valence-electron chi connectivity index (χ4n) is 1.43. The minimum atomic E-state index is -0.661. The van der Waals surface area contributed by atoms with E-state index in [0.717, 1.165) is 6.07 Å². The van der Waals surface area contributed by atoms with Crippen molar-refractivity contribution in [2.45, 2.75) is 6.92 Å². The van der Waals surface area contributed by atoms with Gasteiger partial charge < -0.3 is 9.15 Å². The average Bonchev–Trinajstić information content (AvgIpc) is 2.28. The van der Waals surface area contributed by atoms with Gasteiger partial charge in [-0.25, -0.2) is 4.79 Å². The Morgan fingerprint density at radius 3 is 2.88 bits per heavy atom. The smallest absolute Gasteiger partial charge is 0.374 e. The van der Waals surface area contributed by atoms with Crippen LogP contribution in [-0.4, -0.2) is 12.6 Å². The molecule has 0 fully saturated rings. The van der Waals surface area contributed by atoms with Crippen molar-refractivity contribution in [1.82, 2.24) is 0 Å². The highest BCUT2D eigenvalue weighted by atomic mass is 35.5. The fourth-order valence-corrected chi connectivity index (χ4v) is 1.59. The summed E-state index contributed by atoms with van der Waals surface area (Å²) >= 11 is 5.79. The zero-order valence-electron chi connectivity index (χ0n) is 9.03. The second-order valence-electron chi connectivity index (χ2n) is 3.34. The Bertz CT molecular complexity index is 630. The van der Waals surface area contributed by atoms with Crippen LogP contribution in [0.5, 0.6) is 0 Å². The molecule has 2 rings (SSSR count). The Kier molecular flexibility index (Phi) is 3.15. The van der Waals surface area contributed by atoms with Gasteiger partial charge in [0.25, 0.3) is 0 Å². The number of halogens is 1. The van der Waals surface area contributed by atoms with E-state index in [0.29, 0.717) is 10.4 Å². The average molecular weight is 253 g/mol. The summed E-state index contributed by atoms with van der Waals surface area (Å²) in [6.45, 7) is 1.89. The lowest BCUT2D eigenvalue weighted by Gasteiger charge is -2.02. The van der Waals surface area contributed by atoms with Gasteiger partial charge in [0.2, 0.25) is 5.76 Å². The summed E-state index contributed by atoms with van der Waals surface area (Å²) in [5.74, 6) is -0.780. The Balaban J connectivity index is 2.61. The Hall–Kier alpha value is -1.81. The number of carbonyl (C=O) groups excluding carboxylic acids is 1. The van der Waals surface area contributed by atoms with Gasteiger partial charge in [0.15, 0.2) is 5.43 Å². The van der Waals surface area contributed by atoms with Gasteiger partial charge in [0, 0.05) is 17.2 Å². The van der Waals surface area contributed by atoms with Crippen molar-refractivity contribution in [2.24, 2.45) is 0 Å². The third-order valence-electron chi connectivity index (χ3n) is 2.17. The van der Waals surface area contributed by atoms with Crippen LogP contribution in [0.15, 0.2) is 33.5 Å². The van der Waals surface area contributed by atoms with Crippen LogP contribution in [0.25, 0.3) is 11.0 Å². The minimum absolute atomic E-state index is 0.119. The van der Waals surface area contributed by atoms with Crippen LogP contribution in [-0.2, 0) is 4.74 Å². The number of benzene rings is 1. The SMILES string of the molecule is CCOC(=O)c1cc(=O)c2ccc(Cl)cc2o1. The minimum Gasteiger partial charge on any atom is -0.460 e. The normalized spacial score (nSPS) is 10.5. The Labute approximate surface area is 102 Å². The Morgan fingerprint density at radius 2 is 2.18 bits per heavy atom. The highest BCUT2D eigenvalue weighted by Gasteiger charge is 2.13. The number of carbonyl (C=O) groups is 1. The van der Waals surface area contributed by atoms with Crippen molar-refractivity contribution >= 4 is 28.5 Å². The van der Waals surface area contributed by atoms with Crippen molar-refractivity contribution in [3.63, 3.8) is 0 Å². The predicted molar refractivity (Wildman–Crippen MR) is 63.5 cm³/mol. The largest absolute Gasteiger partial charge is 0.460 e. The second-order valence-corrected chi connectivity index (χ2v) is 3.77. The number of hydrogen-bond acceptors (Lipinski definition) is 4. The van der Waals surface area contributed by atoms with Gasteiger partial charge >= 0.3 is 5.97 Å². The van der Waals surface area contributed by atoms with Crippen LogP contribution in [0, 0.1) is 0 Å². The predicted octanol–water partition coefficient (Wildman–Crippen LogP) is 2.62. The topological polar surface area (TPSA) is 56.5 Å². The van der Waals surface area contributed by atoms with E-state index in [1.165, 1.54) is 6.07 Å². The van der Waals surface area contributed by atoms with E-state index < -0.39 is 5.97 Å². The van der Waals surface area contributed by atoms with Gasteiger partial charge in [-0.3, -0.25) is 4.79 Å². The fraction of sp³-hybridized carbons (Fsp3) is 0.167. The van der Waals surface area contributed by atoms with Crippen LogP contribution in [0.4, 0.5) is 0 Å². The van der Waals surface area contributed by atoms with Gasteiger partial charge in [0.1, 0.15) is 5.58 Å². The van der Waals surface area contributed by atoms with E-state index in [4.69, 9.17) is 20.8 Å². The second kappa shape index (κ2) is 4.59. The van der Waals surface area contributed by atoms with Crippen molar-refractivity contribution in [3.8, 4) is 0 Å². The molecule has 5 heteroatoms. The number of ether oxygens (including phenoxy) is 1. The molecule has 0 saturated carbocycles. The molecule has 0 bridgehead atoms. The molecule has 0 atom stereocenters. The first-order valence-corrected chi connectivity index (χ1v) is 5.40. The summed E-state index contributed by atoms with van der Waals surface area (Å²) in [5.41, 5.74) is -0.0287. The molecule has 0 saturated heterocycles. The summed E-state index contributed by atoms with van der Waals surface area (Å²) in [7, 11) is 0. The summed E-state index contributed by atoms with van der Waals surface area (Å²) in [4.78, 5) is 23.1. The maximum Gasteiger partial charge on any atom is 0.374 e. The van der Waals surface area contributed by atoms with Gasteiger partial charge in [-0.05, 0) is 19.1 Å². The molecule has 2 aromatic rings. The Morgan fingerprint density at radius 1 is 1.41 bits per heavy atom. The molecule has 4 nitrogen and oxygen atoms in total. The van der Waals surface area contributed by atoms with Crippen molar-refractivity contribution < 1.29 is 13.9 Å². The van der Waals surface area contributed by atoms with E-state index in [2.05, 4.69) is 0 Å². The molecule has 17 heavy (non-hydrogen) atoms. The number of esters is 1. The maximum atomic E-state index is 11.7. The lowest BCUT2D eigenvalue weighted by atomic mass is 10.2. The summed E-state index contributed by atoms with van der Waals surface area (Å²) in [6, 6.07) is 5.75. The van der Waals surface area contributed by atoms with Crippen LogP contribution >= 0.6 is 11.6 Å². The van der Waals surface area contributed by atoms with Gasteiger partial charge in [-0.15, -0.1) is 0 Å². The van der Waals surface area contributed by atoms with Crippen LogP contribution in [0.1, 0.15) is 17.5 Å². The van der Waals surface area contributed by atoms with Gasteiger partial charge in [-0.1, -0.05) is 11.6 Å². The third-order valence-corrected chi connectivity index (χ3v) is 2.40. The van der Waals surface area contributed by atoms with Gasteiger partial charge in [0.05, 0.1) is 12.0 Å². The molecule has 1 aromatic heterocycles. The van der Waals surface area contributed by atoms with E-state index in [9.17, 15) is 9.59 Å².